The Balaban J connectivity index is 1.68. The average molecular weight is 343 g/mol. The summed E-state index contributed by atoms with van der Waals surface area (Å²) in [6.07, 6.45) is 0. The zero-order chi connectivity index (χ0) is 16.9. The first-order valence-corrected chi connectivity index (χ1v) is 7.68. The minimum atomic E-state index is -0.258. The van der Waals surface area contributed by atoms with Crippen molar-refractivity contribution < 1.29 is 14.1 Å². The van der Waals surface area contributed by atoms with Gasteiger partial charge in [0.1, 0.15) is 11.4 Å². The molecule has 5 nitrogen and oxygen atoms in total. The number of amides is 1. The van der Waals surface area contributed by atoms with Crippen molar-refractivity contribution in [1.82, 2.24) is 10.5 Å². The first-order valence-electron chi connectivity index (χ1n) is 7.30. The van der Waals surface area contributed by atoms with Crippen molar-refractivity contribution in [2.75, 3.05) is 7.11 Å². The minimum Gasteiger partial charge on any atom is -0.497 e. The molecule has 0 atom stereocenters. The fraction of sp³-hybridized carbons (Fsp3) is 0.111. The number of hydrogen-bond donors (Lipinski definition) is 1. The lowest BCUT2D eigenvalue weighted by molar-refractivity contribution is 0.0950. The van der Waals surface area contributed by atoms with Crippen LogP contribution in [0, 0.1) is 0 Å². The van der Waals surface area contributed by atoms with Crippen molar-refractivity contribution in [2.45, 2.75) is 6.54 Å². The standard InChI is InChI=1S/C18H15ClN2O3/c1-23-14-6-4-5-12(9-14)17-10-13(21-24-17)11-20-18(22)15-7-2-3-8-16(15)19/h2-10H,11H2,1H3,(H,20,22). The Morgan fingerprint density at radius 2 is 2.04 bits per heavy atom. The zero-order valence-corrected chi connectivity index (χ0v) is 13.7. The van der Waals surface area contributed by atoms with Gasteiger partial charge < -0.3 is 14.6 Å². The molecule has 1 N–H and O–H groups in total. The number of halogens is 1. The fourth-order valence-electron chi connectivity index (χ4n) is 2.22. The van der Waals surface area contributed by atoms with Crippen LogP contribution in [0.2, 0.25) is 5.02 Å². The van der Waals surface area contributed by atoms with E-state index in [2.05, 4.69) is 10.5 Å². The highest BCUT2D eigenvalue weighted by molar-refractivity contribution is 6.33. The number of aromatic nitrogens is 1. The Morgan fingerprint density at radius 3 is 2.83 bits per heavy atom. The summed E-state index contributed by atoms with van der Waals surface area (Å²) in [7, 11) is 1.61. The second-order valence-corrected chi connectivity index (χ2v) is 5.48. The van der Waals surface area contributed by atoms with E-state index in [4.69, 9.17) is 20.9 Å². The first-order chi connectivity index (χ1) is 11.7. The van der Waals surface area contributed by atoms with Gasteiger partial charge in [0.05, 0.1) is 24.2 Å². The van der Waals surface area contributed by atoms with Crippen molar-refractivity contribution >= 4 is 17.5 Å². The van der Waals surface area contributed by atoms with E-state index in [1.165, 1.54) is 0 Å². The third-order valence-electron chi connectivity index (χ3n) is 3.46. The summed E-state index contributed by atoms with van der Waals surface area (Å²) < 4.78 is 10.5. The van der Waals surface area contributed by atoms with Crippen LogP contribution in [0.5, 0.6) is 5.75 Å². The Bertz CT molecular complexity index is 861. The second-order valence-electron chi connectivity index (χ2n) is 5.08. The SMILES string of the molecule is COc1cccc(-c2cc(CNC(=O)c3ccccc3Cl)no2)c1. The van der Waals surface area contributed by atoms with E-state index in [1.807, 2.05) is 24.3 Å². The van der Waals surface area contributed by atoms with Gasteiger partial charge in [0.2, 0.25) is 0 Å². The lowest BCUT2D eigenvalue weighted by atomic mass is 10.1. The Hall–Kier alpha value is -2.79. The largest absolute Gasteiger partial charge is 0.497 e. The third-order valence-corrected chi connectivity index (χ3v) is 3.79. The lowest BCUT2D eigenvalue weighted by Gasteiger charge is -2.04. The molecular weight excluding hydrogens is 328 g/mol. The molecule has 0 aliphatic carbocycles. The molecule has 0 saturated carbocycles. The average Bonchev–Trinajstić information content (AvgIpc) is 3.09. The summed E-state index contributed by atoms with van der Waals surface area (Å²) in [6, 6.07) is 16.1. The molecule has 0 saturated heterocycles. The topological polar surface area (TPSA) is 64.4 Å². The third kappa shape index (κ3) is 3.58. The Morgan fingerprint density at radius 1 is 1.21 bits per heavy atom. The van der Waals surface area contributed by atoms with E-state index in [0.29, 0.717) is 22.0 Å². The number of nitrogens with one attached hydrogen (secondary N) is 1. The highest BCUT2D eigenvalue weighted by Gasteiger charge is 2.12. The van der Waals surface area contributed by atoms with Gasteiger partial charge in [-0.25, -0.2) is 0 Å². The van der Waals surface area contributed by atoms with Crippen molar-refractivity contribution in [3.63, 3.8) is 0 Å². The summed E-state index contributed by atoms with van der Waals surface area (Å²) in [6.45, 7) is 0.248. The number of benzene rings is 2. The Kier molecular flexibility index (Phi) is 4.82. The van der Waals surface area contributed by atoms with E-state index in [9.17, 15) is 4.79 Å². The van der Waals surface area contributed by atoms with Gasteiger partial charge in [-0.3, -0.25) is 4.79 Å². The van der Waals surface area contributed by atoms with Crippen LogP contribution in [-0.2, 0) is 6.54 Å². The van der Waals surface area contributed by atoms with Gasteiger partial charge in [0, 0.05) is 11.6 Å². The highest BCUT2D eigenvalue weighted by Crippen LogP contribution is 2.24. The summed E-state index contributed by atoms with van der Waals surface area (Å²) in [5.74, 6) is 1.08. The fourth-order valence-corrected chi connectivity index (χ4v) is 2.44. The monoisotopic (exact) mass is 342 g/mol. The van der Waals surface area contributed by atoms with Gasteiger partial charge in [-0.15, -0.1) is 0 Å². The van der Waals surface area contributed by atoms with Gasteiger partial charge >= 0.3 is 0 Å². The predicted octanol–water partition coefficient (Wildman–Crippen LogP) is 3.93. The number of methoxy groups -OCH3 is 1. The number of nitrogens with zero attached hydrogens (tertiary/aromatic N) is 1. The molecule has 0 aliphatic rings. The molecule has 0 fully saturated rings. The van der Waals surface area contributed by atoms with Crippen LogP contribution in [0.4, 0.5) is 0 Å². The van der Waals surface area contributed by atoms with E-state index >= 15 is 0 Å². The van der Waals surface area contributed by atoms with Gasteiger partial charge in [-0.1, -0.05) is 41.0 Å². The summed E-state index contributed by atoms with van der Waals surface area (Å²) in [5.41, 5.74) is 1.90. The molecule has 3 rings (SSSR count). The van der Waals surface area contributed by atoms with Gasteiger partial charge in [0.15, 0.2) is 5.76 Å². The van der Waals surface area contributed by atoms with E-state index in [-0.39, 0.29) is 12.5 Å². The molecule has 0 spiro atoms. The molecule has 1 aromatic heterocycles. The number of rotatable bonds is 5. The molecule has 1 heterocycles. The lowest BCUT2D eigenvalue weighted by Crippen LogP contribution is -2.23. The molecule has 3 aromatic rings. The quantitative estimate of drug-likeness (QED) is 0.763. The van der Waals surface area contributed by atoms with Gasteiger partial charge in [0.25, 0.3) is 5.91 Å². The van der Waals surface area contributed by atoms with Crippen LogP contribution >= 0.6 is 11.6 Å². The molecule has 122 valence electrons. The maximum atomic E-state index is 12.1. The number of ether oxygens (including phenoxy) is 1. The Labute approximate surface area is 144 Å². The van der Waals surface area contributed by atoms with Crippen molar-refractivity contribution in [2.24, 2.45) is 0 Å². The number of hydrogen-bond acceptors (Lipinski definition) is 4. The molecule has 0 bridgehead atoms. The van der Waals surface area contributed by atoms with E-state index < -0.39 is 0 Å². The molecule has 0 unspecified atom stereocenters. The molecule has 0 aliphatic heterocycles. The molecular formula is C18H15ClN2O3. The minimum absolute atomic E-state index is 0.248. The van der Waals surface area contributed by atoms with Crippen LogP contribution in [0.25, 0.3) is 11.3 Å². The van der Waals surface area contributed by atoms with Gasteiger partial charge in [-0.2, -0.15) is 0 Å². The van der Waals surface area contributed by atoms with Crippen molar-refractivity contribution in [1.29, 1.82) is 0 Å². The predicted molar refractivity (Wildman–Crippen MR) is 91.1 cm³/mol. The number of carbonyl (C=O) groups is 1. The summed E-state index contributed by atoms with van der Waals surface area (Å²) in [4.78, 5) is 12.1. The van der Waals surface area contributed by atoms with E-state index in [0.717, 1.165) is 11.3 Å². The molecule has 2 aromatic carbocycles. The second kappa shape index (κ2) is 7.19. The summed E-state index contributed by atoms with van der Waals surface area (Å²) >= 11 is 6.01. The summed E-state index contributed by atoms with van der Waals surface area (Å²) in [5, 5.41) is 7.15. The van der Waals surface area contributed by atoms with Gasteiger partial charge in [-0.05, 0) is 24.3 Å². The van der Waals surface area contributed by atoms with Crippen LogP contribution in [-0.4, -0.2) is 18.2 Å². The molecule has 24 heavy (non-hydrogen) atoms. The molecule has 6 heteroatoms. The number of carbonyl (C=O) groups excluding carboxylic acids is 1. The smallest absolute Gasteiger partial charge is 0.253 e. The normalized spacial score (nSPS) is 10.4. The van der Waals surface area contributed by atoms with Crippen LogP contribution in [0.15, 0.2) is 59.1 Å². The maximum Gasteiger partial charge on any atom is 0.253 e. The molecule has 0 radical (unpaired) electrons. The van der Waals surface area contributed by atoms with Crippen molar-refractivity contribution in [3.05, 3.63) is 70.9 Å². The zero-order valence-electron chi connectivity index (χ0n) is 13.0. The maximum absolute atomic E-state index is 12.1. The van der Waals surface area contributed by atoms with Crippen molar-refractivity contribution in [3.8, 4) is 17.1 Å². The molecule has 1 amide bonds. The highest BCUT2D eigenvalue weighted by atomic mass is 35.5. The van der Waals surface area contributed by atoms with E-state index in [1.54, 1.807) is 37.4 Å². The van der Waals surface area contributed by atoms with Crippen LogP contribution in [0.1, 0.15) is 16.1 Å². The van der Waals surface area contributed by atoms with Crippen LogP contribution in [0.3, 0.4) is 0 Å². The van der Waals surface area contributed by atoms with Crippen LogP contribution < -0.4 is 10.1 Å². The first kappa shape index (κ1) is 16.1.